The Hall–Kier alpha value is -1.36. The minimum absolute atomic E-state index is 0.109. The molecule has 0 aromatic heterocycles. The number of Topliss-reactive ketones (excluding diaryl/α,β-unsaturated/α-hetero) is 1. The first kappa shape index (κ1) is 16.0. The first-order valence-corrected chi connectivity index (χ1v) is 8.70. The summed E-state index contributed by atoms with van der Waals surface area (Å²) < 4.78 is 22.7. The molecule has 0 saturated heterocycles. The summed E-state index contributed by atoms with van der Waals surface area (Å²) in [7, 11) is -3.27. The van der Waals surface area contributed by atoms with E-state index < -0.39 is 9.84 Å². The summed E-state index contributed by atoms with van der Waals surface area (Å²) in [5.41, 5.74) is 1.07. The highest BCUT2D eigenvalue weighted by Gasteiger charge is 2.13. The Morgan fingerprint density at radius 1 is 1.05 bits per heavy atom. The fraction of sp³-hybridized carbons (Fsp3) is 0.133. The lowest BCUT2D eigenvalue weighted by atomic mass is 10.0. The summed E-state index contributed by atoms with van der Waals surface area (Å²) in [6.07, 6.45) is 1.23. The molecule has 0 radical (unpaired) electrons. The van der Waals surface area contributed by atoms with Crippen LogP contribution in [0.15, 0.2) is 47.4 Å². The SMILES string of the molecule is CS(=O)(=O)c1ccc(C(=O)Cc2cccc(Cl)c2Cl)cc1. The fourth-order valence-corrected chi connectivity index (χ4v) is 2.87. The third-order valence-electron chi connectivity index (χ3n) is 2.99. The van der Waals surface area contributed by atoms with Crippen molar-refractivity contribution in [3.8, 4) is 0 Å². The average molecular weight is 343 g/mol. The number of rotatable bonds is 4. The lowest BCUT2D eigenvalue weighted by Crippen LogP contribution is -2.05. The van der Waals surface area contributed by atoms with Gasteiger partial charge in [0.25, 0.3) is 0 Å². The van der Waals surface area contributed by atoms with E-state index in [1.54, 1.807) is 18.2 Å². The summed E-state index contributed by atoms with van der Waals surface area (Å²) in [4.78, 5) is 12.4. The van der Waals surface area contributed by atoms with Crippen LogP contribution in [0, 0.1) is 0 Å². The molecule has 0 bridgehead atoms. The Morgan fingerprint density at radius 2 is 1.67 bits per heavy atom. The zero-order valence-corrected chi connectivity index (χ0v) is 13.5. The van der Waals surface area contributed by atoms with Crippen molar-refractivity contribution in [3.63, 3.8) is 0 Å². The Labute approximate surface area is 133 Å². The number of carbonyl (C=O) groups is 1. The van der Waals surface area contributed by atoms with Gasteiger partial charge in [0, 0.05) is 18.2 Å². The van der Waals surface area contributed by atoms with Crippen LogP contribution in [0.3, 0.4) is 0 Å². The van der Waals surface area contributed by atoms with Crippen molar-refractivity contribution in [2.75, 3.05) is 6.26 Å². The minimum Gasteiger partial charge on any atom is -0.294 e. The van der Waals surface area contributed by atoms with Gasteiger partial charge in [-0.3, -0.25) is 4.79 Å². The fourth-order valence-electron chi connectivity index (χ4n) is 1.85. The molecule has 3 nitrogen and oxygen atoms in total. The Bertz CT molecular complexity index is 781. The second-order valence-corrected chi connectivity index (χ2v) is 7.41. The predicted octanol–water partition coefficient (Wildman–Crippen LogP) is 3.82. The molecule has 0 N–H and O–H groups in total. The highest BCUT2D eigenvalue weighted by molar-refractivity contribution is 7.90. The van der Waals surface area contributed by atoms with Crippen LogP contribution in [0.1, 0.15) is 15.9 Å². The van der Waals surface area contributed by atoms with Crippen molar-refractivity contribution < 1.29 is 13.2 Å². The van der Waals surface area contributed by atoms with Crippen LogP contribution in [-0.2, 0) is 16.3 Å². The van der Waals surface area contributed by atoms with Crippen molar-refractivity contribution in [3.05, 3.63) is 63.6 Å². The molecule has 2 rings (SSSR count). The minimum atomic E-state index is -3.27. The summed E-state index contributed by atoms with van der Waals surface area (Å²) in [6, 6.07) is 10.9. The maximum absolute atomic E-state index is 12.2. The van der Waals surface area contributed by atoms with Crippen LogP contribution in [0.4, 0.5) is 0 Å². The molecule has 2 aromatic rings. The predicted molar refractivity (Wildman–Crippen MR) is 84.0 cm³/mol. The molecular formula is C15H12Cl2O3S. The van der Waals surface area contributed by atoms with Gasteiger partial charge in [-0.1, -0.05) is 47.5 Å². The number of hydrogen-bond acceptors (Lipinski definition) is 3. The summed E-state index contributed by atoms with van der Waals surface area (Å²) in [5, 5.41) is 0.759. The Morgan fingerprint density at radius 3 is 2.24 bits per heavy atom. The number of ketones is 1. The van der Waals surface area contributed by atoms with E-state index in [0.29, 0.717) is 21.2 Å². The zero-order valence-electron chi connectivity index (χ0n) is 11.1. The molecule has 0 saturated carbocycles. The first-order chi connectivity index (χ1) is 9.79. The second-order valence-electron chi connectivity index (χ2n) is 4.61. The van der Waals surface area contributed by atoms with Gasteiger partial charge in [-0.25, -0.2) is 8.42 Å². The van der Waals surface area contributed by atoms with Crippen LogP contribution in [-0.4, -0.2) is 20.5 Å². The maximum Gasteiger partial charge on any atom is 0.175 e. The van der Waals surface area contributed by atoms with Crippen molar-refractivity contribution in [2.45, 2.75) is 11.3 Å². The quantitative estimate of drug-likeness (QED) is 0.793. The summed E-state index contributed by atoms with van der Waals surface area (Å²) >= 11 is 12.0. The van der Waals surface area contributed by atoms with Gasteiger partial charge in [-0.2, -0.15) is 0 Å². The number of halogens is 2. The molecule has 0 aliphatic heterocycles. The largest absolute Gasteiger partial charge is 0.294 e. The standard InChI is InChI=1S/C15H12Cl2O3S/c1-21(19,20)12-7-5-10(6-8-12)14(18)9-11-3-2-4-13(16)15(11)17/h2-8H,9H2,1H3. The number of benzene rings is 2. The maximum atomic E-state index is 12.2. The van der Waals surface area contributed by atoms with Crippen LogP contribution in [0.5, 0.6) is 0 Å². The van der Waals surface area contributed by atoms with Crippen LogP contribution < -0.4 is 0 Å². The molecular weight excluding hydrogens is 331 g/mol. The Kier molecular flexibility index (Phi) is 4.71. The zero-order chi connectivity index (χ0) is 15.6. The lowest BCUT2D eigenvalue weighted by Gasteiger charge is -2.06. The third kappa shape index (κ3) is 3.84. The van der Waals surface area contributed by atoms with E-state index in [-0.39, 0.29) is 17.1 Å². The van der Waals surface area contributed by atoms with E-state index in [9.17, 15) is 13.2 Å². The monoisotopic (exact) mass is 342 g/mol. The molecule has 0 unspecified atom stereocenters. The van der Waals surface area contributed by atoms with Gasteiger partial charge in [-0.15, -0.1) is 0 Å². The van der Waals surface area contributed by atoms with Crippen LogP contribution >= 0.6 is 23.2 Å². The van der Waals surface area contributed by atoms with Gasteiger partial charge < -0.3 is 0 Å². The van der Waals surface area contributed by atoms with Crippen molar-refractivity contribution in [2.24, 2.45) is 0 Å². The Balaban J connectivity index is 2.23. The van der Waals surface area contributed by atoms with Gasteiger partial charge in [0.1, 0.15) is 0 Å². The number of hydrogen-bond donors (Lipinski definition) is 0. The lowest BCUT2D eigenvalue weighted by molar-refractivity contribution is 0.0993. The molecule has 0 aliphatic rings. The molecule has 0 spiro atoms. The van der Waals surface area contributed by atoms with E-state index in [0.717, 1.165) is 6.26 Å². The van der Waals surface area contributed by atoms with Gasteiger partial charge >= 0.3 is 0 Å². The highest BCUT2D eigenvalue weighted by Crippen LogP contribution is 2.26. The molecule has 0 amide bonds. The molecule has 110 valence electrons. The van der Waals surface area contributed by atoms with Gasteiger partial charge in [-0.05, 0) is 23.8 Å². The van der Waals surface area contributed by atoms with E-state index in [1.165, 1.54) is 24.3 Å². The molecule has 2 aromatic carbocycles. The highest BCUT2D eigenvalue weighted by atomic mass is 35.5. The summed E-state index contributed by atoms with van der Waals surface area (Å²) in [5.74, 6) is -0.154. The first-order valence-electron chi connectivity index (χ1n) is 6.05. The van der Waals surface area contributed by atoms with Gasteiger partial charge in [0.05, 0.1) is 14.9 Å². The van der Waals surface area contributed by atoms with E-state index >= 15 is 0 Å². The molecule has 6 heteroatoms. The molecule has 0 fully saturated rings. The molecule has 21 heavy (non-hydrogen) atoms. The normalized spacial score (nSPS) is 11.4. The van der Waals surface area contributed by atoms with Crippen molar-refractivity contribution in [1.29, 1.82) is 0 Å². The molecule has 0 atom stereocenters. The van der Waals surface area contributed by atoms with Crippen molar-refractivity contribution in [1.82, 2.24) is 0 Å². The third-order valence-corrected chi connectivity index (χ3v) is 4.97. The topological polar surface area (TPSA) is 51.2 Å². The average Bonchev–Trinajstić information content (AvgIpc) is 2.43. The van der Waals surface area contributed by atoms with Gasteiger partial charge in [0.15, 0.2) is 15.6 Å². The van der Waals surface area contributed by atoms with Crippen LogP contribution in [0.25, 0.3) is 0 Å². The second kappa shape index (κ2) is 6.18. The molecule has 0 aliphatic carbocycles. The number of sulfone groups is 1. The smallest absolute Gasteiger partial charge is 0.175 e. The van der Waals surface area contributed by atoms with E-state index in [4.69, 9.17) is 23.2 Å². The van der Waals surface area contributed by atoms with Crippen LogP contribution in [0.2, 0.25) is 10.0 Å². The number of carbonyl (C=O) groups excluding carboxylic acids is 1. The summed E-state index contributed by atoms with van der Waals surface area (Å²) in [6.45, 7) is 0. The van der Waals surface area contributed by atoms with E-state index in [1.807, 2.05) is 0 Å². The van der Waals surface area contributed by atoms with E-state index in [2.05, 4.69) is 0 Å². The molecule has 0 heterocycles. The van der Waals surface area contributed by atoms with Crippen molar-refractivity contribution >= 4 is 38.8 Å². The van der Waals surface area contributed by atoms with Gasteiger partial charge in [0.2, 0.25) is 0 Å².